The highest BCUT2D eigenvalue weighted by atomic mass is 16.6. The molecule has 19 heavy (non-hydrogen) atoms. The summed E-state index contributed by atoms with van der Waals surface area (Å²) in [5.74, 6) is 0.557. The number of nitro groups is 1. The Hall–Kier alpha value is -1.82. The molecular formula is C13H18N2O4. The fourth-order valence-corrected chi connectivity index (χ4v) is 2.14. The van der Waals surface area contributed by atoms with E-state index in [1.54, 1.807) is 25.1 Å². The molecular weight excluding hydrogens is 248 g/mol. The third-order valence-electron chi connectivity index (χ3n) is 3.02. The second-order valence-corrected chi connectivity index (χ2v) is 4.36. The number of piperidine rings is 1. The minimum absolute atomic E-state index is 0.0248. The number of para-hydroxylation sites is 1. The Labute approximate surface area is 111 Å². The van der Waals surface area contributed by atoms with Crippen molar-refractivity contribution in [3.8, 4) is 11.5 Å². The van der Waals surface area contributed by atoms with Gasteiger partial charge in [0.15, 0.2) is 0 Å². The van der Waals surface area contributed by atoms with Gasteiger partial charge in [-0.3, -0.25) is 10.1 Å². The first-order chi connectivity index (χ1) is 9.22. The molecule has 2 rings (SSSR count). The van der Waals surface area contributed by atoms with Gasteiger partial charge in [0.2, 0.25) is 11.5 Å². The summed E-state index contributed by atoms with van der Waals surface area (Å²) in [5, 5.41) is 14.4. The molecule has 1 saturated heterocycles. The highest BCUT2D eigenvalue weighted by Crippen LogP contribution is 2.37. The number of nitro benzene ring substituents is 1. The lowest BCUT2D eigenvalue weighted by Crippen LogP contribution is -2.34. The van der Waals surface area contributed by atoms with Crippen LogP contribution in [-0.4, -0.2) is 30.7 Å². The van der Waals surface area contributed by atoms with Crippen LogP contribution in [0.15, 0.2) is 18.2 Å². The van der Waals surface area contributed by atoms with Crippen LogP contribution in [0.1, 0.15) is 19.8 Å². The molecule has 0 radical (unpaired) electrons. The quantitative estimate of drug-likeness (QED) is 0.652. The number of rotatable bonds is 5. The Morgan fingerprint density at radius 2 is 2.05 bits per heavy atom. The van der Waals surface area contributed by atoms with Crippen molar-refractivity contribution >= 4 is 5.69 Å². The maximum Gasteiger partial charge on any atom is 0.352 e. The molecule has 1 aromatic carbocycles. The maximum atomic E-state index is 11.2. The number of ether oxygens (including phenoxy) is 2. The number of benzene rings is 1. The van der Waals surface area contributed by atoms with Gasteiger partial charge in [-0.05, 0) is 45.0 Å². The summed E-state index contributed by atoms with van der Waals surface area (Å²) in [6.07, 6.45) is 1.74. The first-order valence-corrected chi connectivity index (χ1v) is 6.50. The second kappa shape index (κ2) is 6.38. The van der Waals surface area contributed by atoms with Gasteiger partial charge in [-0.1, -0.05) is 6.07 Å². The smallest absolute Gasteiger partial charge is 0.352 e. The van der Waals surface area contributed by atoms with E-state index in [4.69, 9.17) is 9.47 Å². The topological polar surface area (TPSA) is 73.6 Å². The molecule has 0 spiro atoms. The van der Waals surface area contributed by atoms with Crippen LogP contribution in [0, 0.1) is 10.1 Å². The summed E-state index contributed by atoms with van der Waals surface area (Å²) in [7, 11) is 0. The van der Waals surface area contributed by atoms with Crippen LogP contribution in [0.5, 0.6) is 11.5 Å². The van der Waals surface area contributed by atoms with Crippen molar-refractivity contribution < 1.29 is 14.4 Å². The SMILES string of the molecule is CCOc1cccc(OC2CCNCC2)c1[N+](=O)[O-]. The molecule has 0 unspecified atom stereocenters. The Kier molecular flexibility index (Phi) is 4.57. The Bertz CT molecular complexity index is 444. The lowest BCUT2D eigenvalue weighted by molar-refractivity contribution is -0.387. The summed E-state index contributed by atoms with van der Waals surface area (Å²) in [4.78, 5) is 10.7. The highest BCUT2D eigenvalue weighted by Gasteiger charge is 2.25. The van der Waals surface area contributed by atoms with Crippen molar-refractivity contribution in [2.24, 2.45) is 0 Å². The van der Waals surface area contributed by atoms with E-state index in [1.807, 2.05) is 0 Å². The van der Waals surface area contributed by atoms with Gasteiger partial charge < -0.3 is 14.8 Å². The first kappa shape index (κ1) is 13.6. The normalized spacial score (nSPS) is 16.1. The first-order valence-electron chi connectivity index (χ1n) is 6.50. The van der Waals surface area contributed by atoms with Gasteiger partial charge in [0, 0.05) is 0 Å². The molecule has 0 saturated carbocycles. The summed E-state index contributed by atoms with van der Waals surface area (Å²) in [5.41, 5.74) is -0.0807. The van der Waals surface area contributed by atoms with E-state index in [0.717, 1.165) is 25.9 Å². The van der Waals surface area contributed by atoms with Gasteiger partial charge in [0.1, 0.15) is 6.10 Å². The highest BCUT2D eigenvalue weighted by molar-refractivity contribution is 5.57. The summed E-state index contributed by atoms with van der Waals surface area (Å²) in [6, 6.07) is 4.94. The average molecular weight is 266 g/mol. The molecule has 0 bridgehead atoms. The molecule has 0 atom stereocenters. The monoisotopic (exact) mass is 266 g/mol. The summed E-state index contributed by atoms with van der Waals surface area (Å²) < 4.78 is 11.1. The van der Waals surface area contributed by atoms with Gasteiger partial charge in [-0.25, -0.2) is 0 Å². The predicted octanol–water partition coefficient (Wildman–Crippen LogP) is 2.12. The van der Waals surface area contributed by atoms with Crippen LogP contribution in [-0.2, 0) is 0 Å². The zero-order valence-electron chi connectivity index (χ0n) is 10.9. The van der Waals surface area contributed by atoms with Gasteiger partial charge in [-0.2, -0.15) is 0 Å². The van der Waals surface area contributed by atoms with Gasteiger partial charge in [-0.15, -0.1) is 0 Å². The largest absolute Gasteiger partial charge is 0.487 e. The van der Waals surface area contributed by atoms with E-state index in [0.29, 0.717) is 12.4 Å². The standard InChI is InChI=1S/C13H18N2O4/c1-2-18-11-4-3-5-12(13(11)15(16)17)19-10-6-8-14-9-7-10/h3-5,10,14H,2,6-9H2,1H3. The molecule has 6 nitrogen and oxygen atoms in total. The number of hydrogen-bond donors (Lipinski definition) is 1. The van der Waals surface area contributed by atoms with Crippen molar-refractivity contribution in [1.29, 1.82) is 0 Å². The molecule has 1 heterocycles. The van der Waals surface area contributed by atoms with Crippen LogP contribution >= 0.6 is 0 Å². The van der Waals surface area contributed by atoms with Crippen LogP contribution in [0.4, 0.5) is 5.69 Å². The molecule has 0 aromatic heterocycles. The molecule has 1 aliphatic heterocycles. The third-order valence-corrected chi connectivity index (χ3v) is 3.02. The van der Waals surface area contributed by atoms with E-state index in [2.05, 4.69) is 5.32 Å². The van der Waals surface area contributed by atoms with Crippen molar-refractivity contribution in [3.05, 3.63) is 28.3 Å². The minimum atomic E-state index is -0.443. The molecule has 0 amide bonds. The van der Waals surface area contributed by atoms with E-state index in [9.17, 15) is 10.1 Å². The molecule has 1 aromatic rings. The number of nitrogens with one attached hydrogen (secondary N) is 1. The number of nitrogens with zero attached hydrogens (tertiary/aromatic N) is 1. The molecule has 6 heteroatoms. The van der Waals surface area contributed by atoms with Crippen LogP contribution in [0.3, 0.4) is 0 Å². The van der Waals surface area contributed by atoms with Crippen molar-refractivity contribution in [2.75, 3.05) is 19.7 Å². The second-order valence-electron chi connectivity index (χ2n) is 4.36. The zero-order valence-corrected chi connectivity index (χ0v) is 10.9. The molecule has 104 valence electrons. The third kappa shape index (κ3) is 3.35. The van der Waals surface area contributed by atoms with E-state index < -0.39 is 4.92 Å². The molecule has 1 N–H and O–H groups in total. The fourth-order valence-electron chi connectivity index (χ4n) is 2.14. The summed E-state index contributed by atoms with van der Waals surface area (Å²) in [6.45, 7) is 3.94. The minimum Gasteiger partial charge on any atom is -0.487 e. The predicted molar refractivity (Wildman–Crippen MR) is 70.8 cm³/mol. The van der Waals surface area contributed by atoms with Crippen LogP contribution < -0.4 is 14.8 Å². The molecule has 1 fully saturated rings. The fraction of sp³-hybridized carbons (Fsp3) is 0.538. The maximum absolute atomic E-state index is 11.2. The van der Waals surface area contributed by atoms with Gasteiger partial charge in [0.05, 0.1) is 11.5 Å². The molecule has 1 aliphatic rings. The Morgan fingerprint density at radius 3 is 2.68 bits per heavy atom. The average Bonchev–Trinajstić information content (AvgIpc) is 2.40. The van der Waals surface area contributed by atoms with Crippen molar-refractivity contribution in [3.63, 3.8) is 0 Å². The van der Waals surface area contributed by atoms with Crippen LogP contribution in [0.25, 0.3) is 0 Å². The van der Waals surface area contributed by atoms with E-state index >= 15 is 0 Å². The lowest BCUT2D eigenvalue weighted by atomic mass is 10.1. The van der Waals surface area contributed by atoms with E-state index in [1.165, 1.54) is 0 Å². The van der Waals surface area contributed by atoms with E-state index in [-0.39, 0.29) is 17.5 Å². The number of hydrogen-bond acceptors (Lipinski definition) is 5. The van der Waals surface area contributed by atoms with Gasteiger partial charge in [0.25, 0.3) is 0 Å². The molecule has 0 aliphatic carbocycles. The summed E-state index contributed by atoms with van der Waals surface area (Å²) >= 11 is 0. The Balaban J connectivity index is 2.22. The zero-order chi connectivity index (χ0) is 13.7. The lowest BCUT2D eigenvalue weighted by Gasteiger charge is -2.23. The Morgan fingerprint density at radius 1 is 1.37 bits per heavy atom. The van der Waals surface area contributed by atoms with Crippen molar-refractivity contribution in [2.45, 2.75) is 25.9 Å². The van der Waals surface area contributed by atoms with Crippen molar-refractivity contribution in [1.82, 2.24) is 5.32 Å². The van der Waals surface area contributed by atoms with Gasteiger partial charge >= 0.3 is 5.69 Å². The van der Waals surface area contributed by atoms with Crippen LogP contribution in [0.2, 0.25) is 0 Å².